The van der Waals surface area contributed by atoms with E-state index in [1.807, 2.05) is 35.8 Å². The summed E-state index contributed by atoms with van der Waals surface area (Å²) in [5.41, 5.74) is 1.56. The van der Waals surface area contributed by atoms with Crippen molar-refractivity contribution in [3.8, 4) is 0 Å². The summed E-state index contributed by atoms with van der Waals surface area (Å²) in [5.74, 6) is 1.13. The number of nitrogens with one attached hydrogen (secondary N) is 1. The van der Waals surface area contributed by atoms with Gasteiger partial charge in [-0.3, -0.25) is 4.79 Å². The summed E-state index contributed by atoms with van der Waals surface area (Å²) in [6, 6.07) is 14.3. The van der Waals surface area contributed by atoms with Crippen LogP contribution in [-0.4, -0.2) is 20.7 Å². The van der Waals surface area contributed by atoms with Gasteiger partial charge in [-0.2, -0.15) is 0 Å². The summed E-state index contributed by atoms with van der Waals surface area (Å²) >= 11 is 13.6. The molecule has 0 radical (unpaired) electrons. The Morgan fingerprint density at radius 3 is 2.62 bits per heavy atom. The van der Waals surface area contributed by atoms with Crippen LogP contribution >= 0.6 is 35.0 Å². The van der Waals surface area contributed by atoms with Crippen molar-refractivity contribution < 1.29 is 4.79 Å². The monoisotopic (exact) mass is 446 g/mol. The average Bonchev–Trinajstić information content (AvgIpc) is 3.11. The van der Waals surface area contributed by atoms with Gasteiger partial charge in [0.1, 0.15) is 0 Å². The van der Waals surface area contributed by atoms with Crippen LogP contribution in [0.2, 0.25) is 10.0 Å². The van der Waals surface area contributed by atoms with E-state index in [2.05, 4.69) is 22.1 Å². The van der Waals surface area contributed by atoms with Crippen LogP contribution in [0.3, 0.4) is 0 Å². The molecule has 0 aliphatic heterocycles. The third-order valence-corrected chi connectivity index (χ3v) is 5.81. The molecule has 8 heteroatoms. The van der Waals surface area contributed by atoms with Crippen LogP contribution < -0.4 is 5.32 Å². The van der Waals surface area contributed by atoms with Gasteiger partial charge >= 0.3 is 0 Å². The molecule has 150 valence electrons. The van der Waals surface area contributed by atoms with E-state index in [4.69, 9.17) is 23.2 Å². The molecular formula is C21H20Cl2N4OS. The molecule has 0 aliphatic carbocycles. The highest BCUT2D eigenvalue weighted by molar-refractivity contribution is 7.98. The van der Waals surface area contributed by atoms with Crippen LogP contribution in [-0.2, 0) is 12.3 Å². The van der Waals surface area contributed by atoms with Crippen LogP contribution in [0.1, 0.15) is 34.7 Å². The number of hydrogen-bond donors (Lipinski definition) is 1. The van der Waals surface area contributed by atoms with E-state index in [1.165, 1.54) is 0 Å². The lowest BCUT2D eigenvalue weighted by Crippen LogP contribution is -2.29. The van der Waals surface area contributed by atoms with Crippen LogP contribution in [0.4, 0.5) is 0 Å². The van der Waals surface area contributed by atoms with Crippen molar-refractivity contribution in [2.75, 3.05) is 0 Å². The minimum absolute atomic E-state index is 0.258. The second-order valence-electron chi connectivity index (χ2n) is 6.33. The van der Waals surface area contributed by atoms with Gasteiger partial charge in [0.2, 0.25) is 0 Å². The molecule has 29 heavy (non-hydrogen) atoms. The molecule has 5 nitrogen and oxygen atoms in total. The molecule has 1 aromatic heterocycles. The minimum atomic E-state index is -0.351. The van der Waals surface area contributed by atoms with Gasteiger partial charge in [-0.05, 0) is 36.8 Å². The summed E-state index contributed by atoms with van der Waals surface area (Å²) in [5, 5.41) is 13.4. The molecule has 0 saturated carbocycles. The van der Waals surface area contributed by atoms with Crippen molar-refractivity contribution in [1.29, 1.82) is 0 Å². The van der Waals surface area contributed by atoms with E-state index in [1.54, 1.807) is 42.1 Å². The molecule has 0 spiro atoms. The average molecular weight is 447 g/mol. The standard InChI is InChI=1S/C21H20Cl2N4OS/c1-3-12-27-19(14(2)24-20(28)17-6-4-5-7-18(17)23)25-26-21(27)29-13-15-8-10-16(22)11-9-15/h3-11,14H,1,12-13H2,2H3,(H,24,28). The predicted octanol–water partition coefficient (Wildman–Crippen LogP) is 5.55. The number of rotatable bonds is 8. The van der Waals surface area contributed by atoms with Crippen molar-refractivity contribution >= 4 is 40.9 Å². The maximum absolute atomic E-state index is 12.6. The van der Waals surface area contributed by atoms with Gasteiger partial charge in [-0.1, -0.05) is 65.3 Å². The van der Waals surface area contributed by atoms with E-state index in [0.717, 1.165) is 16.5 Å². The highest BCUT2D eigenvalue weighted by atomic mass is 35.5. The molecule has 0 saturated heterocycles. The van der Waals surface area contributed by atoms with Crippen LogP contribution in [0.5, 0.6) is 0 Å². The van der Waals surface area contributed by atoms with E-state index >= 15 is 0 Å². The third kappa shape index (κ3) is 5.41. The van der Waals surface area contributed by atoms with Crippen molar-refractivity contribution in [1.82, 2.24) is 20.1 Å². The van der Waals surface area contributed by atoms with Crippen molar-refractivity contribution in [2.24, 2.45) is 0 Å². The molecule has 1 heterocycles. The summed E-state index contributed by atoms with van der Waals surface area (Å²) in [4.78, 5) is 12.6. The van der Waals surface area contributed by atoms with Gasteiger partial charge in [0.15, 0.2) is 11.0 Å². The lowest BCUT2D eigenvalue weighted by atomic mass is 10.2. The Bertz CT molecular complexity index is 1000. The SMILES string of the molecule is C=CCn1c(SCc2ccc(Cl)cc2)nnc1C(C)NC(=O)c1ccccc1Cl. The number of nitrogens with zero attached hydrogens (tertiary/aromatic N) is 3. The van der Waals surface area contributed by atoms with E-state index < -0.39 is 0 Å². The number of halogens is 2. The molecule has 3 aromatic rings. The van der Waals surface area contributed by atoms with Crippen molar-refractivity contribution in [3.05, 3.63) is 88.2 Å². The quantitative estimate of drug-likeness (QED) is 0.363. The smallest absolute Gasteiger partial charge is 0.253 e. The van der Waals surface area contributed by atoms with Gasteiger partial charge in [0, 0.05) is 17.3 Å². The molecule has 1 unspecified atom stereocenters. The fraction of sp³-hybridized carbons (Fsp3) is 0.190. The first-order valence-electron chi connectivity index (χ1n) is 8.96. The topological polar surface area (TPSA) is 59.8 Å². The maximum atomic E-state index is 12.6. The molecular weight excluding hydrogens is 427 g/mol. The molecule has 1 amide bonds. The Hall–Kier alpha value is -2.28. The second-order valence-corrected chi connectivity index (χ2v) is 8.12. The Labute approximate surface area is 184 Å². The van der Waals surface area contributed by atoms with E-state index in [-0.39, 0.29) is 11.9 Å². The molecule has 1 atom stereocenters. The third-order valence-electron chi connectivity index (χ3n) is 4.19. The first-order chi connectivity index (χ1) is 14.0. The Morgan fingerprint density at radius 2 is 1.93 bits per heavy atom. The number of carbonyl (C=O) groups is 1. The largest absolute Gasteiger partial charge is 0.342 e. The van der Waals surface area contributed by atoms with Crippen LogP contribution in [0.15, 0.2) is 66.3 Å². The van der Waals surface area contributed by atoms with Gasteiger partial charge in [-0.25, -0.2) is 0 Å². The van der Waals surface area contributed by atoms with Gasteiger partial charge in [-0.15, -0.1) is 16.8 Å². The number of aromatic nitrogens is 3. The maximum Gasteiger partial charge on any atom is 0.253 e. The summed E-state index contributed by atoms with van der Waals surface area (Å²) in [6.07, 6.45) is 1.78. The van der Waals surface area contributed by atoms with Gasteiger partial charge in [0.25, 0.3) is 5.91 Å². The zero-order valence-corrected chi connectivity index (χ0v) is 18.1. The fourth-order valence-corrected chi connectivity index (χ4v) is 4.00. The highest BCUT2D eigenvalue weighted by Crippen LogP contribution is 2.25. The van der Waals surface area contributed by atoms with E-state index in [9.17, 15) is 4.79 Å². The Morgan fingerprint density at radius 1 is 1.21 bits per heavy atom. The zero-order valence-electron chi connectivity index (χ0n) is 15.8. The number of thioether (sulfide) groups is 1. The number of allylic oxidation sites excluding steroid dienone is 1. The lowest BCUT2D eigenvalue weighted by Gasteiger charge is -2.15. The normalized spacial score (nSPS) is 11.8. The number of hydrogen-bond acceptors (Lipinski definition) is 4. The highest BCUT2D eigenvalue weighted by Gasteiger charge is 2.20. The summed E-state index contributed by atoms with van der Waals surface area (Å²) in [6.45, 7) is 6.23. The Kier molecular flexibility index (Phi) is 7.36. The van der Waals surface area contributed by atoms with Crippen molar-refractivity contribution in [2.45, 2.75) is 30.4 Å². The molecule has 1 N–H and O–H groups in total. The van der Waals surface area contributed by atoms with Crippen LogP contribution in [0.25, 0.3) is 0 Å². The predicted molar refractivity (Wildman–Crippen MR) is 119 cm³/mol. The van der Waals surface area contributed by atoms with Crippen molar-refractivity contribution in [3.63, 3.8) is 0 Å². The minimum Gasteiger partial charge on any atom is -0.342 e. The first-order valence-corrected chi connectivity index (χ1v) is 10.7. The molecule has 2 aromatic carbocycles. The number of amides is 1. The lowest BCUT2D eigenvalue weighted by molar-refractivity contribution is 0.0937. The van der Waals surface area contributed by atoms with E-state index in [0.29, 0.717) is 28.0 Å². The number of benzene rings is 2. The molecule has 0 bridgehead atoms. The summed E-state index contributed by atoms with van der Waals surface area (Å²) in [7, 11) is 0. The number of carbonyl (C=O) groups excluding carboxylic acids is 1. The Balaban J connectivity index is 1.74. The van der Waals surface area contributed by atoms with Gasteiger partial charge < -0.3 is 9.88 Å². The molecule has 0 aliphatic rings. The fourth-order valence-electron chi connectivity index (χ4n) is 2.74. The zero-order chi connectivity index (χ0) is 20.8. The molecule has 3 rings (SSSR count). The van der Waals surface area contributed by atoms with Gasteiger partial charge in [0.05, 0.1) is 16.6 Å². The second kappa shape index (κ2) is 9.96. The van der Waals surface area contributed by atoms with Crippen LogP contribution in [0, 0.1) is 0 Å². The first kappa shape index (κ1) is 21.4. The molecule has 0 fully saturated rings. The summed E-state index contributed by atoms with van der Waals surface area (Å²) < 4.78 is 1.95.